The van der Waals surface area contributed by atoms with Crippen molar-refractivity contribution in [2.75, 3.05) is 7.05 Å². The van der Waals surface area contributed by atoms with Crippen LogP contribution in [-0.2, 0) is 11.3 Å². The normalized spacial score (nSPS) is 12.4. The minimum atomic E-state index is -0.327. The van der Waals surface area contributed by atoms with Gasteiger partial charge in [-0.2, -0.15) is 5.10 Å². The van der Waals surface area contributed by atoms with E-state index in [1.165, 1.54) is 0 Å². The molecule has 132 valence electrons. The van der Waals surface area contributed by atoms with E-state index in [-0.39, 0.29) is 11.9 Å². The van der Waals surface area contributed by atoms with Crippen molar-refractivity contribution < 1.29 is 4.79 Å². The average Bonchev–Trinajstić information content (AvgIpc) is 3.39. The molecule has 0 aliphatic heterocycles. The van der Waals surface area contributed by atoms with Gasteiger partial charge in [-0.1, -0.05) is 18.2 Å². The number of nitrogens with zero attached hydrogens (tertiary/aromatic N) is 4. The Morgan fingerprint density at radius 3 is 2.96 bits per heavy atom. The van der Waals surface area contributed by atoms with Crippen molar-refractivity contribution in [3.8, 4) is 10.6 Å². The molecule has 6 nitrogen and oxygen atoms in total. The lowest BCUT2D eigenvalue weighted by Gasteiger charge is -2.22. The lowest BCUT2D eigenvalue weighted by Crippen LogP contribution is -2.32. The molecule has 0 saturated carbocycles. The number of benzene rings is 1. The summed E-state index contributed by atoms with van der Waals surface area (Å²) in [5, 5.41) is 9.39. The monoisotopic (exact) mass is 365 g/mol. The molecule has 0 spiro atoms. The summed E-state index contributed by atoms with van der Waals surface area (Å²) >= 11 is 1.65. The first-order valence-electron chi connectivity index (χ1n) is 8.38. The van der Waals surface area contributed by atoms with E-state index in [0.29, 0.717) is 6.54 Å². The number of hydrogen-bond acceptors (Lipinski definition) is 4. The fraction of sp³-hybridized carbons (Fsp3) is 0.211. The number of thiophene rings is 1. The molecule has 1 atom stereocenters. The second-order valence-corrected chi connectivity index (χ2v) is 7.21. The summed E-state index contributed by atoms with van der Waals surface area (Å²) in [7, 11) is 1.81. The molecule has 0 fully saturated rings. The lowest BCUT2D eigenvalue weighted by atomic mass is 10.2. The Hall–Kier alpha value is -2.93. The van der Waals surface area contributed by atoms with E-state index in [4.69, 9.17) is 0 Å². The molecule has 1 amide bonds. The summed E-state index contributed by atoms with van der Waals surface area (Å²) < 4.78 is 1.91. The predicted octanol–water partition coefficient (Wildman–Crippen LogP) is 3.71. The number of fused-ring (bicyclic) bond motifs is 1. The fourth-order valence-electron chi connectivity index (χ4n) is 3.05. The van der Waals surface area contributed by atoms with Gasteiger partial charge in [0.2, 0.25) is 5.91 Å². The molecule has 4 rings (SSSR count). The van der Waals surface area contributed by atoms with Crippen LogP contribution >= 0.6 is 11.3 Å². The third-order valence-electron chi connectivity index (χ3n) is 4.44. The van der Waals surface area contributed by atoms with Crippen molar-refractivity contribution in [1.82, 2.24) is 24.6 Å². The van der Waals surface area contributed by atoms with E-state index in [9.17, 15) is 4.79 Å². The standard InChI is InChI=1S/C19H19N5OS/c1-13(24-12-20-15-6-3-4-7-17(15)24)19(25)23(2)11-14-10-16(22-21-14)18-8-5-9-26-18/h3-10,12-13H,11H2,1-2H3,(H,21,22). The summed E-state index contributed by atoms with van der Waals surface area (Å²) in [5.74, 6) is 0.0282. The van der Waals surface area contributed by atoms with Gasteiger partial charge in [-0.3, -0.25) is 9.89 Å². The summed E-state index contributed by atoms with van der Waals surface area (Å²) in [6, 6.07) is 13.5. The van der Waals surface area contributed by atoms with Crippen LogP contribution in [0.1, 0.15) is 18.7 Å². The summed E-state index contributed by atoms with van der Waals surface area (Å²) in [4.78, 5) is 20.1. The quantitative estimate of drug-likeness (QED) is 0.586. The number of para-hydroxylation sites is 2. The Bertz CT molecular complexity index is 1030. The molecule has 0 aliphatic rings. The zero-order valence-electron chi connectivity index (χ0n) is 14.6. The van der Waals surface area contributed by atoms with Crippen molar-refractivity contribution in [3.05, 3.63) is 59.9 Å². The molecule has 0 bridgehead atoms. The zero-order chi connectivity index (χ0) is 18.1. The van der Waals surface area contributed by atoms with Gasteiger partial charge in [-0.05, 0) is 36.6 Å². The average molecular weight is 365 g/mol. The molecule has 3 aromatic heterocycles. The molecule has 4 aromatic rings. The van der Waals surface area contributed by atoms with Gasteiger partial charge in [0.1, 0.15) is 11.7 Å². The van der Waals surface area contributed by atoms with Crippen LogP contribution in [0.2, 0.25) is 0 Å². The number of imidazole rings is 1. The second-order valence-electron chi connectivity index (χ2n) is 6.27. The van der Waals surface area contributed by atoms with Gasteiger partial charge < -0.3 is 9.47 Å². The van der Waals surface area contributed by atoms with Gasteiger partial charge in [0.15, 0.2) is 0 Å². The van der Waals surface area contributed by atoms with Crippen LogP contribution in [0.3, 0.4) is 0 Å². The van der Waals surface area contributed by atoms with E-state index in [1.54, 1.807) is 22.6 Å². The predicted molar refractivity (Wildman–Crippen MR) is 103 cm³/mol. The van der Waals surface area contributed by atoms with E-state index in [1.807, 2.05) is 66.4 Å². The lowest BCUT2D eigenvalue weighted by molar-refractivity contribution is -0.133. The summed E-state index contributed by atoms with van der Waals surface area (Å²) in [6.45, 7) is 2.38. The van der Waals surface area contributed by atoms with Gasteiger partial charge in [0, 0.05) is 7.05 Å². The number of aromatic nitrogens is 4. The Morgan fingerprint density at radius 2 is 2.15 bits per heavy atom. The highest BCUT2D eigenvalue weighted by molar-refractivity contribution is 7.13. The maximum absolute atomic E-state index is 12.9. The Morgan fingerprint density at radius 1 is 1.31 bits per heavy atom. The van der Waals surface area contributed by atoms with Crippen molar-refractivity contribution >= 4 is 28.3 Å². The second kappa shape index (κ2) is 6.76. The highest BCUT2D eigenvalue weighted by atomic mass is 32.1. The van der Waals surface area contributed by atoms with Crippen LogP contribution in [0.15, 0.2) is 54.2 Å². The highest BCUT2D eigenvalue weighted by Crippen LogP contribution is 2.24. The van der Waals surface area contributed by atoms with E-state index >= 15 is 0 Å². The molecule has 1 N–H and O–H groups in total. The molecular formula is C19H19N5OS. The number of carbonyl (C=O) groups excluding carboxylic acids is 1. The smallest absolute Gasteiger partial charge is 0.245 e. The van der Waals surface area contributed by atoms with Crippen LogP contribution in [0, 0.1) is 0 Å². The fourth-order valence-corrected chi connectivity index (χ4v) is 3.74. The Kier molecular flexibility index (Phi) is 4.30. The first-order chi connectivity index (χ1) is 12.6. The van der Waals surface area contributed by atoms with E-state index in [2.05, 4.69) is 15.2 Å². The summed E-state index contributed by atoms with van der Waals surface area (Å²) in [6.07, 6.45) is 1.73. The van der Waals surface area contributed by atoms with Crippen LogP contribution < -0.4 is 0 Å². The molecule has 0 radical (unpaired) electrons. The van der Waals surface area contributed by atoms with Gasteiger partial charge in [-0.15, -0.1) is 11.3 Å². The number of aromatic amines is 1. The van der Waals surface area contributed by atoms with E-state index in [0.717, 1.165) is 27.3 Å². The highest BCUT2D eigenvalue weighted by Gasteiger charge is 2.21. The van der Waals surface area contributed by atoms with Gasteiger partial charge in [0.25, 0.3) is 0 Å². The van der Waals surface area contributed by atoms with Crippen LogP contribution in [0.5, 0.6) is 0 Å². The van der Waals surface area contributed by atoms with Crippen LogP contribution in [0.25, 0.3) is 21.6 Å². The van der Waals surface area contributed by atoms with Gasteiger partial charge in [0.05, 0.1) is 34.5 Å². The van der Waals surface area contributed by atoms with Crippen molar-refractivity contribution in [3.63, 3.8) is 0 Å². The maximum atomic E-state index is 12.9. The van der Waals surface area contributed by atoms with Crippen molar-refractivity contribution in [2.45, 2.75) is 19.5 Å². The number of likely N-dealkylation sites (N-methyl/N-ethyl adjacent to an activating group) is 1. The number of hydrogen-bond donors (Lipinski definition) is 1. The largest absolute Gasteiger partial charge is 0.338 e. The molecular weight excluding hydrogens is 346 g/mol. The minimum Gasteiger partial charge on any atom is -0.338 e. The van der Waals surface area contributed by atoms with Crippen molar-refractivity contribution in [1.29, 1.82) is 0 Å². The molecule has 0 aliphatic carbocycles. The Labute approximate surface area is 155 Å². The molecule has 3 heterocycles. The molecule has 26 heavy (non-hydrogen) atoms. The molecule has 1 unspecified atom stereocenters. The third-order valence-corrected chi connectivity index (χ3v) is 5.34. The van der Waals surface area contributed by atoms with Gasteiger partial charge >= 0.3 is 0 Å². The number of H-pyrrole nitrogens is 1. The van der Waals surface area contributed by atoms with E-state index < -0.39 is 0 Å². The first-order valence-corrected chi connectivity index (χ1v) is 9.26. The van der Waals surface area contributed by atoms with Gasteiger partial charge in [-0.25, -0.2) is 4.98 Å². The number of carbonyl (C=O) groups is 1. The molecule has 7 heteroatoms. The van der Waals surface area contributed by atoms with Crippen LogP contribution in [0.4, 0.5) is 0 Å². The minimum absolute atomic E-state index is 0.0282. The maximum Gasteiger partial charge on any atom is 0.245 e. The van der Waals surface area contributed by atoms with Crippen LogP contribution in [-0.4, -0.2) is 37.6 Å². The third kappa shape index (κ3) is 3.01. The topological polar surface area (TPSA) is 66.8 Å². The number of amides is 1. The molecule has 1 aromatic carbocycles. The molecule has 0 saturated heterocycles. The summed E-state index contributed by atoms with van der Waals surface area (Å²) in [5.41, 5.74) is 3.67. The number of rotatable bonds is 5. The SMILES string of the molecule is CC(C(=O)N(C)Cc1cc(-c2cccs2)n[nH]1)n1cnc2ccccc21. The van der Waals surface area contributed by atoms with Crippen molar-refractivity contribution in [2.24, 2.45) is 0 Å². The Balaban J connectivity index is 1.49. The first kappa shape index (κ1) is 16.5. The number of nitrogens with one attached hydrogen (secondary N) is 1. The zero-order valence-corrected chi connectivity index (χ0v) is 15.4.